The zero-order chi connectivity index (χ0) is 15.8. The highest BCUT2D eigenvalue weighted by atomic mass is 16.5. The number of aromatic nitrogens is 1. The summed E-state index contributed by atoms with van der Waals surface area (Å²) in [6.07, 6.45) is 4.38. The zero-order valence-electron chi connectivity index (χ0n) is 13.6. The molecule has 0 aromatic carbocycles. The number of morpholine rings is 1. The fourth-order valence-corrected chi connectivity index (χ4v) is 2.35. The van der Waals surface area contributed by atoms with Gasteiger partial charge < -0.3 is 20.7 Å². The van der Waals surface area contributed by atoms with E-state index in [-0.39, 0.29) is 6.10 Å². The third-order valence-corrected chi connectivity index (χ3v) is 3.64. The van der Waals surface area contributed by atoms with Crippen LogP contribution in [0.4, 0.5) is 5.82 Å². The molecule has 0 saturated carbocycles. The smallest absolute Gasteiger partial charge is 0.188 e. The van der Waals surface area contributed by atoms with Crippen molar-refractivity contribution < 1.29 is 4.74 Å². The van der Waals surface area contributed by atoms with Crippen molar-refractivity contribution in [2.24, 2.45) is 10.7 Å². The number of rotatable bonds is 6. The second-order valence-electron chi connectivity index (χ2n) is 5.63. The highest BCUT2D eigenvalue weighted by Gasteiger charge is 2.17. The number of nitrogens with zero attached hydrogens (tertiary/aromatic N) is 3. The number of nitrogens with one attached hydrogen (secondary N) is 1. The molecule has 0 radical (unpaired) electrons. The number of nitrogens with two attached hydrogens (primary N) is 1. The molecule has 1 atom stereocenters. The molecular formula is C16H27N5O. The van der Waals surface area contributed by atoms with E-state index in [0.29, 0.717) is 12.5 Å². The first-order chi connectivity index (χ1) is 10.7. The quantitative estimate of drug-likeness (QED) is 0.473. The van der Waals surface area contributed by atoms with Gasteiger partial charge in [0.05, 0.1) is 19.3 Å². The van der Waals surface area contributed by atoms with E-state index in [1.54, 1.807) is 0 Å². The number of aliphatic imine (C=N–C) groups is 1. The normalized spacial score (nSPS) is 19.3. The lowest BCUT2D eigenvalue weighted by Crippen LogP contribution is -2.41. The van der Waals surface area contributed by atoms with E-state index < -0.39 is 0 Å². The van der Waals surface area contributed by atoms with Crippen LogP contribution in [0.2, 0.25) is 0 Å². The minimum absolute atomic E-state index is 0.258. The van der Waals surface area contributed by atoms with E-state index in [1.165, 1.54) is 0 Å². The Kier molecular flexibility index (Phi) is 6.45. The van der Waals surface area contributed by atoms with Crippen molar-refractivity contribution in [3.8, 4) is 0 Å². The average Bonchev–Trinajstić information content (AvgIpc) is 2.54. The van der Waals surface area contributed by atoms with Crippen molar-refractivity contribution in [3.05, 3.63) is 23.9 Å². The van der Waals surface area contributed by atoms with Crippen LogP contribution in [0.5, 0.6) is 0 Å². The zero-order valence-corrected chi connectivity index (χ0v) is 13.6. The van der Waals surface area contributed by atoms with Crippen LogP contribution in [0.25, 0.3) is 0 Å². The van der Waals surface area contributed by atoms with Crippen LogP contribution in [0, 0.1) is 0 Å². The molecule has 1 saturated heterocycles. The maximum atomic E-state index is 5.82. The number of hydrogen-bond acceptors (Lipinski definition) is 4. The number of ether oxygens (including phenoxy) is 1. The largest absolute Gasteiger partial charge is 0.375 e. The molecular weight excluding hydrogens is 278 g/mol. The predicted octanol–water partition coefficient (Wildman–Crippen LogP) is 1.51. The first-order valence-electron chi connectivity index (χ1n) is 8.04. The Hall–Kier alpha value is -1.82. The van der Waals surface area contributed by atoms with Crippen LogP contribution in [0.15, 0.2) is 23.3 Å². The van der Waals surface area contributed by atoms with Crippen molar-refractivity contribution in [3.63, 3.8) is 0 Å². The van der Waals surface area contributed by atoms with E-state index >= 15 is 0 Å². The second-order valence-corrected chi connectivity index (χ2v) is 5.63. The highest BCUT2D eigenvalue weighted by molar-refractivity contribution is 5.77. The van der Waals surface area contributed by atoms with Crippen molar-refractivity contribution >= 4 is 11.8 Å². The number of pyridine rings is 1. The molecule has 6 heteroatoms. The minimum Gasteiger partial charge on any atom is -0.375 e. The Morgan fingerprint density at radius 3 is 3.09 bits per heavy atom. The Labute approximate surface area is 132 Å². The summed E-state index contributed by atoms with van der Waals surface area (Å²) in [6, 6.07) is 4.11. The van der Waals surface area contributed by atoms with Crippen LogP contribution >= 0.6 is 0 Å². The molecule has 1 aliphatic heterocycles. The summed E-state index contributed by atoms with van der Waals surface area (Å²) in [7, 11) is 0. The first kappa shape index (κ1) is 16.5. The molecule has 2 rings (SSSR count). The van der Waals surface area contributed by atoms with Crippen LogP contribution in [-0.2, 0) is 11.3 Å². The molecule has 0 bridgehead atoms. The van der Waals surface area contributed by atoms with Gasteiger partial charge in [-0.25, -0.2) is 9.98 Å². The monoisotopic (exact) mass is 305 g/mol. The molecule has 0 amide bonds. The van der Waals surface area contributed by atoms with Gasteiger partial charge in [0.25, 0.3) is 0 Å². The molecule has 2 heterocycles. The van der Waals surface area contributed by atoms with Crippen molar-refractivity contribution in [1.29, 1.82) is 0 Å². The number of unbranched alkanes of at least 4 members (excludes halogenated alkanes) is 1. The summed E-state index contributed by atoms with van der Waals surface area (Å²) in [6.45, 7) is 8.20. The van der Waals surface area contributed by atoms with Gasteiger partial charge in [0.15, 0.2) is 5.96 Å². The van der Waals surface area contributed by atoms with Gasteiger partial charge in [-0.1, -0.05) is 19.4 Å². The van der Waals surface area contributed by atoms with Crippen molar-refractivity contribution in [2.75, 3.05) is 31.1 Å². The van der Waals surface area contributed by atoms with Crippen LogP contribution < -0.4 is 16.0 Å². The first-order valence-corrected chi connectivity index (χ1v) is 8.04. The summed E-state index contributed by atoms with van der Waals surface area (Å²) >= 11 is 0. The van der Waals surface area contributed by atoms with E-state index in [4.69, 9.17) is 10.5 Å². The molecule has 0 spiro atoms. The molecule has 1 fully saturated rings. The third kappa shape index (κ3) is 5.18. The summed E-state index contributed by atoms with van der Waals surface area (Å²) < 4.78 is 5.55. The third-order valence-electron chi connectivity index (χ3n) is 3.64. The Balaban J connectivity index is 1.85. The summed E-state index contributed by atoms with van der Waals surface area (Å²) in [5, 5.41) is 3.11. The standard InChI is InChI=1S/C16H27N5O/c1-3-4-7-18-16(17)20-11-14-5-6-15(19-10-14)21-8-9-22-13(2)12-21/h5-6,10,13H,3-4,7-9,11-12H2,1-2H3,(H3,17,18,20). The molecule has 1 aromatic rings. The van der Waals surface area contributed by atoms with Crippen molar-refractivity contribution in [2.45, 2.75) is 39.3 Å². The SMILES string of the molecule is CCCCNC(N)=NCc1ccc(N2CCOC(C)C2)nc1. The summed E-state index contributed by atoms with van der Waals surface area (Å²) in [4.78, 5) is 11.1. The van der Waals surface area contributed by atoms with Gasteiger partial charge >= 0.3 is 0 Å². The predicted molar refractivity (Wildman–Crippen MR) is 90.1 cm³/mol. The molecule has 0 aliphatic carbocycles. The molecule has 1 unspecified atom stereocenters. The van der Waals surface area contributed by atoms with E-state index in [2.05, 4.69) is 40.1 Å². The second kappa shape index (κ2) is 8.58. The Morgan fingerprint density at radius 2 is 2.41 bits per heavy atom. The molecule has 1 aromatic heterocycles. The Bertz CT molecular complexity index is 474. The number of hydrogen-bond donors (Lipinski definition) is 2. The maximum Gasteiger partial charge on any atom is 0.188 e. The fraction of sp³-hybridized carbons (Fsp3) is 0.625. The highest BCUT2D eigenvalue weighted by Crippen LogP contribution is 2.15. The fourth-order valence-electron chi connectivity index (χ4n) is 2.35. The van der Waals surface area contributed by atoms with Gasteiger partial charge in [-0.05, 0) is 25.0 Å². The van der Waals surface area contributed by atoms with E-state index in [1.807, 2.05) is 12.3 Å². The minimum atomic E-state index is 0.258. The van der Waals surface area contributed by atoms with Gasteiger partial charge in [-0.2, -0.15) is 0 Å². The molecule has 3 N–H and O–H groups in total. The average molecular weight is 305 g/mol. The van der Waals surface area contributed by atoms with Gasteiger partial charge in [0.1, 0.15) is 5.82 Å². The van der Waals surface area contributed by atoms with E-state index in [9.17, 15) is 0 Å². The topological polar surface area (TPSA) is 75.8 Å². The summed E-state index contributed by atoms with van der Waals surface area (Å²) in [5.74, 6) is 1.50. The van der Waals surface area contributed by atoms with Gasteiger partial charge in [0, 0.05) is 25.8 Å². The number of anilines is 1. The summed E-state index contributed by atoms with van der Waals surface area (Å²) in [5.41, 5.74) is 6.88. The van der Waals surface area contributed by atoms with Gasteiger partial charge in [0.2, 0.25) is 0 Å². The molecule has 122 valence electrons. The van der Waals surface area contributed by atoms with Crippen LogP contribution in [0.3, 0.4) is 0 Å². The molecule has 22 heavy (non-hydrogen) atoms. The lowest BCUT2D eigenvalue weighted by atomic mass is 10.2. The molecule has 6 nitrogen and oxygen atoms in total. The maximum absolute atomic E-state index is 5.82. The lowest BCUT2D eigenvalue weighted by Gasteiger charge is -2.32. The molecule has 1 aliphatic rings. The van der Waals surface area contributed by atoms with Crippen LogP contribution in [0.1, 0.15) is 32.3 Å². The van der Waals surface area contributed by atoms with Crippen molar-refractivity contribution in [1.82, 2.24) is 10.3 Å². The van der Waals surface area contributed by atoms with E-state index in [0.717, 1.165) is 50.5 Å². The Morgan fingerprint density at radius 1 is 1.55 bits per heavy atom. The van der Waals surface area contributed by atoms with Gasteiger partial charge in [-0.3, -0.25) is 0 Å². The lowest BCUT2D eigenvalue weighted by molar-refractivity contribution is 0.0529. The number of guanidine groups is 1. The van der Waals surface area contributed by atoms with Gasteiger partial charge in [-0.15, -0.1) is 0 Å². The van der Waals surface area contributed by atoms with Crippen LogP contribution in [-0.4, -0.2) is 43.3 Å².